The molecule has 3 aromatic rings. The van der Waals surface area contributed by atoms with E-state index in [-0.39, 0.29) is 11.8 Å². The second-order valence-electron chi connectivity index (χ2n) is 7.41. The number of carbonyl (C=O) groups excluding carboxylic acids is 1. The molecule has 0 aromatic carbocycles. The molecule has 6 heterocycles. The van der Waals surface area contributed by atoms with E-state index in [1.807, 2.05) is 34.5 Å². The van der Waals surface area contributed by atoms with Gasteiger partial charge in [0.05, 0.1) is 24.4 Å². The molecule has 3 aliphatic rings. The van der Waals surface area contributed by atoms with Crippen LogP contribution >= 0.6 is 11.3 Å². The molecule has 0 saturated carbocycles. The third kappa shape index (κ3) is 3.43. The van der Waals surface area contributed by atoms with E-state index in [9.17, 15) is 4.79 Å². The van der Waals surface area contributed by atoms with E-state index in [0.29, 0.717) is 17.1 Å². The Morgan fingerprint density at radius 1 is 1.25 bits per heavy atom. The first-order valence-corrected chi connectivity index (χ1v) is 10.4. The first-order valence-electron chi connectivity index (χ1n) is 9.52. The lowest BCUT2D eigenvalue weighted by molar-refractivity contribution is -0.127. The number of pyridine rings is 1. The summed E-state index contributed by atoms with van der Waals surface area (Å²) < 4.78 is 1.90. The van der Waals surface area contributed by atoms with Crippen molar-refractivity contribution in [2.45, 2.75) is 25.4 Å². The number of piperidine rings is 3. The molecule has 2 bridgehead atoms. The maximum atomic E-state index is 12.7. The van der Waals surface area contributed by atoms with Crippen molar-refractivity contribution < 1.29 is 4.79 Å². The molecule has 0 radical (unpaired) electrons. The van der Waals surface area contributed by atoms with Gasteiger partial charge in [-0.25, -0.2) is 4.98 Å². The van der Waals surface area contributed by atoms with Crippen LogP contribution in [0.2, 0.25) is 0 Å². The first kappa shape index (κ1) is 17.4. The topological polar surface area (TPSA) is 88.8 Å². The summed E-state index contributed by atoms with van der Waals surface area (Å²) in [5.74, 6) is 0.545. The Labute approximate surface area is 166 Å². The van der Waals surface area contributed by atoms with Crippen LogP contribution in [-0.4, -0.2) is 54.9 Å². The molecule has 144 valence electrons. The summed E-state index contributed by atoms with van der Waals surface area (Å²) in [7, 11) is 0. The van der Waals surface area contributed by atoms with Crippen LogP contribution in [0.4, 0.5) is 5.13 Å². The van der Waals surface area contributed by atoms with Crippen molar-refractivity contribution in [3.8, 4) is 11.4 Å². The Bertz CT molecular complexity index is 942. The summed E-state index contributed by atoms with van der Waals surface area (Å²) >= 11 is 1.46. The van der Waals surface area contributed by atoms with E-state index in [1.165, 1.54) is 11.3 Å². The molecule has 3 saturated heterocycles. The molecule has 8 nitrogen and oxygen atoms in total. The molecule has 1 N–H and O–H groups in total. The number of thiazole rings is 1. The number of carbonyl (C=O) groups is 1. The minimum atomic E-state index is 0.0359. The number of amides is 1. The Kier molecular flexibility index (Phi) is 4.61. The third-order valence-corrected chi connectivity index (χ3v) is 6.43. The Morgan fingerprint density at radius 2 is 2.21 bits per heavy atom. The summed E-state index contributed by atoms with van der Waals surface area (Å²) in [4.78, 5) is 23.6. The standard InChI is InChI=1S/C19H21N7OS/c27-18(22-19-21-6-8-28-19)15-11-25-7-4-13(15)9-14(25)10-26-12-17(23-24-26)16-3-1-2-5-20-16/h1-3,5-6,8,12-15H,4,7,9-11H2,(H,21,22,27)/t13-,14-,15+/m1/s1. The van der Waals surface area contributed by atoms with Gasteiger partial charge < -0.3 is 5.32 Å². The summed E-state index contributed by atoms with van der Waals surface area (Å²) in [6.45, 7) is 2.63. The number of hydrogen-bond acceptors (Lipinski definition) is 7. The second kappa shape index (κ2) is 7.40. The molecule has 3 aliphatic heterocycles. The van der Waals surface area contributed by atoms with Gasteiger partial charge in [-0.2, -0.15) is 0 Å². The van der Waals surface area contributed by atoms with E-state index in [1.54, 1.807) is 12.4 Å². The SMILES string of the molecule is O=C(Nc1nccs1)[C@H]1CN2CC[C@@H]1C[C@@H]2Cn1cc(-c2ccccn2)nn1. The van der Waals surface area contributed by atoms with Gasteiger partial charge >= 0.3 is 0 Å². The zero-order valence-corrected chi connectivity index (χ0v) is 16.1. The number of hydrogen-bond donors (Lipinski definition) is 1. The van der Waals surface area contributed by atoms with E-state index in [0.717, 1.165) is 43.9 Å². The van der Waals surface area contributed by atoms with Crippen molar-refractivity contribution in [3.05, 3.63) is 42.2 Å². The van der Waals surface area contributed by atoms with E-state index < -0.39 is 0 Å². The molecule has 1 unspecified atom stereocenters. The number of rotatable bonds is 5. The van der Waals surface area contributed by atoms with Crippen molar-refractivity contribution in [2.75, 3.05) is 18.4 Å². The van der Waals surface area contributed by atoms with Gasteiger partial charge in [-0.15, -0.1) is 16.4 Å². The number of nitrogens with zero attached hydrogens (tertiary/aromatic N) is 6. The highest BCUT2D eigenvalue weighted by atomic mass is 32.1. The predicted octanol–water partition coefficient (Wildman–Crippen LogP) is 2.15. The predicted molar refractivity (Wildman–Crippen MR) is 106 cm³/mol. The Balaban J connectivity index is 1.23. The van der Waals surface area contributed by atoms with Gasteiger partial charge in [0, 0.05) is 30.4 Å². The van der Waals surface area contributed by atoms with Crippen LogP contribution in [0.25, 0.3) is 11.4 Å². The number of nitrogens with one attached hydrogen (secondary N) is 1. The van der Waals surface area contributed by atoms with Crippen LogP contribution in [0.15, 0.2) is 42.2 Å². The largest absolute Gasteiger partial charge is 0.302 e. The van der Waals surface area contributed by atoms with Crippen molar-refractivity contribution >= 4 is 22.4 Å². The Morgan fingerprint density at radius 3 is 2.96 bits per heavy atom. The van der Waals surface area contributed by atoms with Gasteiger partial charge in [0.25, 0.3) is 0 Å². The van der Waals surface area contributed by atoms with Gasteiger partial charge in [0.1, 0.15) is 5.69 Å². The first-order chi connectivity index (χ1) is 13.8. The monoisotopic (exact) mass is 395 g/mol. The van der Waals surface area contributed by atoms with Gasteiger partial charge in [-0.1, -0.05) is 11.3 Å². The lowest BCUT2D eigenvalue weighted by atomic mass is 9.75. The maximum Gasteiger partial charge on any atom is 0.230 e. The quantitative estimate of drug-likeness (QED) is 0.712. The van der Waals surface area contributed by atoms with Crippen LogP contribution in [0.3, 0.4) is 0 Å². The summed E-state index contributed by atoms with van der Waals surface area (Å²) in [5.41, 5.74) is 1.62. The molecule has 0 aliphatic carbocycles. The molecule has 9 heteroatoms. The van der Waals surface area contributed by atoms with Crippen LogP contribution in [-0.2, 0) is 11.3 Å². The fraction of sp³-hybridized carbons (Fsp3) is 0.421. The number of aromatic nitrogens is 5. The van der Waals surface area contributed by atoms with E-state index in [4.69, 9.17) is 0 Å². The molecular formula is C19H21N7OS. The highest BCUT2D eigenvalue weighted by Gasteiger charge is 2.43. The van der Waals surface area contributed by atoms with E-state index in [2.05, 4.69) is 30.5 Å². The van der Waals surface area contributed by atoms with Crippen LogP contribution < -0.4 is 5.32 Å². The second-order valence-corrected chi connectivity index (χ2v) is 8.30. The summed E-state index contributed by atoms with van der Waals surface area (Å²) in [6.07, 6.45) is 7.51. The number of anilines is 1. The average molecular weight is 395 g/mol. The molecule has 4 atom stereocenters. The lowest BCUT2D eigenvalue weighted by Gasteiger charge is -2.49. The fourth-order valence-corrected chi connectivity index (χ4v) is 4.88. The van der Waals surface area contributed by atoms with Crippen molar-refractivity contribution in [1.29, 1.82) is 0 Å². The maximum absolute atomic E-state index is 12.7. The normalized spacial score (nSPS) is 26.3. The minimum absolute atomic E-state index is 0.0359. The van der Waals surface area contributed by atoms with Crippen LogP contribution in [0.5, 0.6) is 0 Å². The summed E-state index contributed by atoms with van der Waals surface area (Å²) in [5, 5.41) is 14.1. The van der Waals surface area contributed by atoms with Crippen LogP contribution in [0.1, 0.15) is 12.8 Å². The Hall–Kier alpha value is -2.65. The molecule has 6 rings (SSSR count). The lowest BCUT2D eigenvalue weighted by Crippen LogP contribution is -2.57. The van der Waals surface area contributed by atoms with Gasteiger partial charge in [-0.05, 0) is 37.4 Å². The van der Waals surface area contributed by atoms with Gasteiger partial charge in [0.2, 0.25) is 5.91 Å². The number of fused-ring (bicyclic) bond motifs is 3. The highest BCUT2D eigenvalue weighted by Crippen LogP contribution is 2.37. The fourth-order valence-electron chi connectivity index (χ4n) is 4.34. The van der Waals surface area contributed by atoms with Gasteiger partial charge in [0.15, 0.2) is 5.13 Å². The highest BCUT2D eigenvalue weighted by molar-refractivity contribution is 7.13. The molecule has 0 spiro atoms. The molecule has 1 amide bonds. The van der Waals surface area contributed by atoms with Crippen molar-refractivity contribution in [2.24, 2.45) is 11.8 Å². The molecular weight excluding hydrogens is 374 g/mol. The van der Waals surface area contributed by atoms with E-state index >= 15 is 0 Å². The molecule has 3 aromatic heterocycles. The zero-order valence-electron chi connectivity index (χ0n) is 15.3. The smallest absolute Gasteiger partial charge is 0.230 e. The third-order valence-electron chi connectivity index (χ3n) is 5.74. The van der Waals surface area contributed by atoms with Crippen molar-refractivity contribution in [1.82, 2.24) is 29.9 Å². The van der Waals surface area contributed by atoms with Crippen molar-refractivity contribution in [3.63, 3.8) is 0 Å². The minimum Gasteiger partial charge on any atom is -0.302 e. The van der Waals surface area contributed by atoms with Crippen LogP contribution in [0, 0.1) is 11.8 Å². The molecule has 28 heavy (non-hydrogen) atoms. The average Bonchev–Trinajstić information content (AvgIpc) is 3.41. The summed E-state index contributed by atoms with van der Waals surface area (Å²) in [6, 6.07) is 6.16. The zero-order chi connectivity index (χ0) is 18.9. The van der Waals surface area contributed by atoms with Gasteiger partial charge in [-0.3, -0.25) is 19.4 Å². The molecule has 3 fully saturated rings.